The van der Waals surface area contributed by atoms with E-state index in [4.69, 9.17) is 23.2 Å². The number of esters is 1. The van der Waals surface area contributed by atoms with Gasteiger partial charge >= 0.3 is 5.97 Å². The monoisotopic (exact) mass is 290 g/mol. The van der Waals surface area contributed by atoms with Gasteiger partial charge in [-0.05, 0) is 18.9 Å². The van der Waals surface area contributed by atoms with Crippen LogP contribution in [0.5, 0.6) is 0 Å². The zero-order chi connectivity index (χ0) is 13.3. The summed E-state index contributed by atoms with van der Waals surface area (Å²) in [6, 6.07) is 0.933. The Hall–Kier alpha value is -1.20. The summed E-state index contributed by atoms with van der Waals surface area (Å²) in [6.07, 6.45) is 1.38. The Bertz CT molecular complexity index is 467. The van der Waals surface area contributed by atoms with Gasteiger partial charge in [-0.15, -0.1) is 0 Å². The van der Waals surface area contributed by atoms with Crippen molar-refractivity contribution in [1.82, 2.24) is 9.88 Å². The van der Waals surface area contributed by atoms with E-state index in [9.17, 15) is 9.59 Å². The quantitative estimate of drug-likeness (QED) is 0.849. The fourth-order valence-electron chi connectivity index (χ4n) is 2.06. The number of rotatable bonds is 2. The van der Waals surface area contributed by atoms with Crippen LogP contribution < -0.4 is 0 Å². The Morgan fingerprint density at radius 3 is 2.78 bits per heavy atom. The maximum atomic E-state index is 12.2. The fraction of sp³-hybridized carbons (Fsp3) is 0.455. The van der Waals surface area contributed by atoms with Crippen molar-refractivity contribution in [3.05, 3.63) is 21.9 Å². The molecule has 1 aliphatic rings. The van der Waals surface area contributed by atoms with Gasteiger partial charge in [0.15, 0.2) is 0 Å². The lowest BCUT2D eigenvalue weighted by Crippen LogP contribution is -2.41. The third kappa shape index (κ3) is 2.33. The van der Waals surface area contributed by atoms with Crippen LogP contribution >= 0.6 is 23.2 Å². The van der Waals surface area contributed by atoms with E-state index in [-0.39, 0.29) is 21.8 Å². The van der Waals surface area contributed by atoms with Gasteiger partial charge in [-0.2, -0.15) is 0 Å². The molecule has 1 N–H and O–H groups in total. The molecule has 0 saturated carbocycles. The zero-order valence-corrected chi connectivity index (χ0v) is 11.2. The molecule has 1 fully saturated rings. The second-order valence-corrected chi connectivity index (χ2v) is 4.81. The number of aromatic amines is 1. The molecule has 18 heavy (non-hydrogen) atoms. The first-order valence-electron chi connectivity index (χ1n) is 5.47. The molecular formula is C11H12Cl2N2O3. The van der Waals surface area contributed by atoms with Crippen molar-refractivity contribution in [2.24, 2.45) is 0 Å². The molecule has 0 bridgehead atoms. The summed E-state index contributed by atoms with van der Waals surface area (Å²) in [6.45, 7) is 0.521. The van der Waals surface area contributed by atoms with Crippen molar-refractivity contribution < 1.29 is 14.3 Å². The van der Waals surface area contributed by atoms with E-state index in [2.05, 4.69) is 9.72 Å². The Morgan fingerprint density at radius 1 is 1.50 bits per heavy atom. The molecule has 1 unspecified atom stereocenters. The second kappa shape index (κ2) is 5.20. The van der Waals surface area contributed by atoms with Crippen LogP contribution in [0.4, 0.5) is 0 Å². The SMILES string of the molecule is COC(=O)C1CCCN1C(=O)c1cc(Cl)c(Cl)[nH]1. The van der Waals surface area contributed by atoms with Crippen LogP contribution in [0.3, 0.4) is 0 Å². The van der Waals surface area contributed by atoms with E-state index in [1.165, 1.54) is 18.1 Å². The molecule has 0 spiro atoms. The number of hydrogen-bond donors (Lipinski definition) is 1. The first-order valence-corrected chi connectivity index (χ1v) is 6.23. The van der Waals surface area contributed by atoms with Crippen LogP contribution in [0.15, 0.2) is 6.07 Å². The number of carbonyl (C=O) groups excluding carboxylic acids is 2. The summed E-state index contributed by atoms with van der Waals surface area (Å²) in [5, 5.41) is 0.502. The largest absolute Gasteiger partial charge is 0.467 e. The van der Waals surface area contributed by atoms with Crippen molar-refractivity contribution in [1.29, 1.82) is 0 Å². The minimum atomic E-state index is -0.525. The molecule has 1 atom stereocenters. The molecule has 98 valence electrons. The predicted molar refractivity (Wildman–Crippen MR) is 66.9 cm³/mol. The van der Waals surface area contributed by atoms with Crippen molar-refractivity contribution in [3.63, 3.8) is 0 Å². The smallest absolute Gasteiger partial charge is 0.328 e. The number of amides is 1. The second-order valence-electron chi connectivity index (χ2n) is 4.02. The first kappa shape index (κ1) is 13.2. The van der Waals surface area contributed by atoms with Crippen LogP contribution in [0, 0.1) is 0 Å². The summed E-state index contributed by atoms with van der Waals surface area (Å²) < 4.78 is 4.68. The van der Waals surface area contributed by atoms with E-state index >= 15 is 0 Å². The molecule has 1 aromatic heterocycles. The number of ether oxygens (including phenoxy) is 1. The number of halogens is 2. The van der Waals surface area contributed by atoms with Crippen LogP contribution in [0.25, 0.3) is 0 Å². The van der Waals surface area contributed by atoms with Gasteiger partial charge < -0.3 is 14.6 Å². The van der Waals surface area contributed by atoms with Crippen molar-refractivity contribution in [2.75, 3.05) is 13.7 Å². The molecule has 0 radical (unpaired) electrons. The zero-order valence-electron chi connectivity index (χ0n) is 9.70. The number of nitrogens with one attached hydrogen (secondary N) is 1. The lowest BCUT2D eigenvalue weighted by Gasteiger charge is -2.21. The van der Waals surface area contributed by atoms with Crippen molar-refractivity contribution >= 4 is 35.1 Å². The molecule has 1 aliphatic heterocycles. The summed E-state index contributed by atoms with van der Waals surface area (Å²) in [7, 11) is 1.31. The normalized spacial score (nSPS) is 19.1. The molecule has 2 heterocycles. The van der Waals surface area contributed by atoms with Crippen molar-refractivity contribution in [2.45, 2.75) is 18.9 Å². The van der Waals surface area contributed by atoms with E-state index in [0.717, 1.165) is 6.42 Å². The highest BCUT2D eigenvalue weighted by Crippen LogP contribution is 2.25. The molecule has 1 aromatic rings. The third-order valence-corrected chi connectivity index (χ3v) is 3.64. The van der Waals surface area contributed by atoms with E-state index < -0.39 is 12.0 Å². The van der Waals surface area contributed by atoms with Gasteiger partial charge in [0, 0.05) is 6.54 Å². The maximum absolute atomic E-state index is 12.2. The molecule has 0 aromatic carbocycles. The van der Waals surface area contributed by atoms with Gasteiger partial charge in [-0.1, -0.05) is 23.2 Å². The lowest BCUT2D eigenvalue weighted by molar-refractivity contribution is -0.145. The third-order valence-electron chi connectivity index (χ3n) is 2.94. The molecular weight excluding hydrogens is 279 g/mol. The number of hydrogen-bond acceptors (Lipinski definition) is 3. The van der Waals surface area contributed by atoms with E-state index in [0.29, 0.717) is 13.0 Å². The average molecular weight is 291 g/mol. The van der Waals surface area contributed by atoms with E-state index in [1.807, 2.05) is 0 Å². The molecule has 1 saturated heterocycles. The fourth-order valence-corrected chi connectivity index (χ4v) is 2.38. The molecule has 2 rings (SSSR count). The Kier molecular flexibility index (Phi) is 3.82. The first-order chi connectivity index (χ1) is 8.54. The highest BCUT2D eigenvalue weighted by molar-refractivity contribution is 6.41. The van der Waals surface area contributed by atoms with E-state index in [1.54, 1.807) is 0 Å². The topological polar surface area (TPSA) is 62.4 Å². The van der Waals surface area contributed by atoms with Crippen LogP contribution in [-0.2, 0) is 9.53 Å². The highest BCUT2D eigenvalue weighted by Gasteiger charge is 2.35. The van der Waals surface area contributed by atoms with Gasteiger partial charge in [0.05, 0.1) is 12.1 Å². The number of nitrogens with zero attached hydrogens (tertiary/aromatic N) is 1. The van der Waals surface area contributed by atoms with Crippen LogP contribution in [0.1, 0.15) is 23.3 Å². The van der Waals surface area contributed by atoms with Gasteiger partial charge in [0.2, 0.25) is 0 Å². The Labute approximate surface area is 114 Å². The summed E-state index contributed by atoms with van der Waals surface area (Å²) in [5.74, 6) is -0.693. The van der Waals surface area contributed by atoms with Gasteiger partial charge in [0.25, 0.3) is 5.91 Å². The number of likely N-dealkylation sites (tertiary alicyclic amines) is 1. The summed E-state index contributed by atoms with van der Waals surface area (Å²) >= 11 is 11.5. The standard InChI is InChI=1S/C11H12Cl2N2O3/c1-18-11(17)8-3-2-4-15(8)10(16)7-5-6(12)9(13)14-7/h5,8,14H,2-4H2,1H3. The number of methoxy groups -OCH3 is 1. The minimum absolute atomic E-state index is 0.217. The van der Waals surface area contributed by atoms with Gasteiger partial charge in [-0.3, -0.25) is 4.79 Å². The highest BCUT2D eigenvalue weighted by atomic mass is 35.5. The minimum Gasteiger partial charge on any atom is -0.467 e. The van der Waals surface area contributed by atoms with Crippen LogP contribution in [-0.4, -0.2) is 41.5 Å². The predicted octanol–water partition coefficient (Wildman–Crippen LogP) is 2.10. The molecule has 0 aliphatic carbocycles. The number of carbonyl (C=O) groups is 2. The summed E-state index contributed by atoms with van der Waals surface area (Å²) in [4.78, 5) is 27.9. The van der Waals surface area contributed by atoms with Crippen LogP contribution in [0.2, 0.25) is 10.2 Å². The molecule has 7 heteroatoms. The maximum Gasteiger partial charge on any atom is 0.328 e. The number of aromatic nitrogens is 1. The summed E-state index contributed by atoms with van der Waals surface area (Å²) in [5.41, 5.74) is 0.279. The van der Waals surface area contributed by atoms with Gasteiger partial charge in [-0.25, -0.2) is 4.79 Å². The van der Waals surface area contributed by atoms with Crippen molar-refractivity contribution in [3.8, 4) is 0 Å². The lowest BCUT2D eigenvalue weighted by atomic mass is 10.2. The number of H-pyrrole nitrogens is 1. The van der Waals surface area contributed by atoms with Gasteiger partial charge in [0.1, 0.15) is 16.9 Å². The molecule has 5 nitrogen and oxygen atoms in total. The Balaban J connectivity index is 2.20. The Morgan fingerprint density at radius 2 is 2.22 bits per heavy atom. The molecule has 1 amide bonds. The average Bonchev–Trinajstić information content (AvgIpc) is 2.95.